The van der Waals surface area contributed by atoms with Crippen molar-refractivity contribution in [2.24, 2.45) is 5.14 Å². The fourth-order valence-corrected chi connectivity index (χ4v) is 2.24. The van der Waals surface area contributed by atoms with Gasteiger partial charge in [-0.2, -0.15) is 0 Å². The molecule has 0 unspecified atom stereocenters. The fraction of sp³-hybridized carbons (Fsp3) is 0.0714. The summed E-state index contributed by atoms with van der Waals surface area (Å²) in [4.78, 5) is 10.8. The van der Waals surface area contributed by atoms with Crippen LogP contribution >= 0.6 is 0 Å². The zero-order valence-corrected chi connectivity index (χ0v) is 11.9. The normalized spacial score (nSPS) is 11.1. The first-order valence-corrected chi connectivity index (χ1v) is 7.46. The number of ether oxygens (including phenoxy) is 1. The van der Waals surface area contributed by atoms with Crippen LogP contribution in [-0.4, -0.2) is 19.5 Å². The lowest BCUT2D eigenvalue weighted by molar-refractivity contribution is 0.0696. The minimum atomic E-state index is -3.74. The summed E-state index contributed by atoms with van der Waals surface area (Å²) < 4.78 is 27.9. The second-order valence-electron chi connectivity index (χ2n) is 4.40. The van der Waals surface area contributed by atoms with Crippen molar-refractivity contribution in [1.82, 2.24) is 0 Å². The number of aryl methyl sites for hydroxylation is 1. The predicted octanol–water partition coefficient (Wildman–Crippen LogP) is 2.13. The molecule has 3 N–H and O–H groups in total. The van der Waals surface area contributed by atoms with Crippen LogP contribution in [0.25, 0.3) is 0 Å². The zero-order chi connectivity index (χ0) is 15.6. The minimum absolute atomic E-state index is 0.00667. The van der Waals surface area contributed by atoms with E-state index >= 15 is 0 Å². The topological polar surface area (TPSA) is 107 Å². The van der Waals surface area contributed by atoms with Gasteiger partial charge in [0.2, 0.25) is 10.0 Å². The highest BCUT2D eigenvalue weighted by atomic mass is 32.2. The standard InChI is InChI=1S/C14H13NO5S/c1-9-8-10(14(16)17)2-7-13(9)20-11-3-5-12(6-4-11)21(15,18)19/h2-8H,1H3,(H,16,17)(H2,15,18,19). The van der Waals surface area contributed by atoms with Crippen LogP contribution in [0.4, 0.5) is 0 Å². The number of aromatic carboxylic acids is 1. The lowest BCUT2D eigenvalue weighted by Crippen LogP contribution is -2.11. The van der Waals surface area contributed by atoms with Crippen LogP contribution in [-0.2, 0) is 10.0 Å². The molecule has 7 heteroatoms. The summed E-state index contributed by atoms with van der Waals surface area (Å²) in [6, 6.07) is 10.1. The van der Waals surface area contributed by atoms with Crippen LogP contribution in [0.2, 0.25) is 0 Å². The molecule has 0 saturated heterocycles. The van der Waals surface area contributed by atoms with Crippen molar-refractivity contribution < 1.29 is 23.1 Å². The first-order valence-electron chi connectivity index (χ1n) is 5.92. The first kappa shape index (κ1) is 15.0. The first-order chi connectivity index (χ1) is 9.77. The van der Waals surface area contributed by atoms with Crippen molar-refractivity contribution >= 4 is 16.0 Å². The largest absolute Gasteiger partial charge is 0.478 e. The Bertz CT molecular complexity index is 782. The van der Waals surface area contributed by atoms with E-state index in [1.807, 2.05) is 0 Å². The summed E-state index contributed by atoms with van der Waals surface area (Å²) >= 11 is 0. The van der Waals surface area contributed by atoms with Crippen molar-refractivity contribution in [2.45, 2.75) is 11.8 Å². The van der Waals surface area contributed by atoms with Crippen molar-refractivity contribution in [1.29, 1.82) is 0 Å². The zero-order valence-electron chi connectivity index (χ0n) is 11.1. The molecule has 2 aromatic rings. The second-order valence-corrected chi connectivity index (χ2v) is 5.97. The summed E-state index contributed by atoms with van der Waals surface area (Å²) in [6.07, 6.45) is 0. The third-order valence-corrected chi connectivity index (χ3v) is 3.73. The molecule has 0 aromatic heterocycles. The number of nitrogens with two attached hydrogens (primary N) is 1. The monoisotopic (exact) mass is 307 g/mol. The molecule has 0 spiro atoms. The molecule has 0 bridgehead atoms. The Morgan fingerprint density at radius 2 is 1.76 bits per heavy atom. The Hall–Kier alpha value is -2.38. The summed E-state index contributed by atoms with van der Waals surface area (Å²) in [5.41, 5.74) is 0.829. The molecule has 110 valence electrons. The van der Waals surface area contributed by atoms with E-state index in [9.17, 15) is 13.2 Å². The van der Waals surface area contributed by atoms with Crippen LogP contribution in [0.1, 0.15) is 15.9 Å². The molecule has 0 aliphatic carbocycles. The number of sulfonamides is 1. The fourth-order valence-electron chi connectivity index (χ4n) is 1.72. The number of rotatable bonds is 4. The lowest BCUT2D eigenvalue weighted by atomic mass is 10.1. The van der Waals surface area contributed by atoms with Gasteiger partial charge in [0.1, 0.15) is 11.5 Å². The third kappa shape index (κ3) is 3.59. The van der Waals surface area contributed by atoms with E-state index in [-0.39, 0.29) is 10.5 Å². The molecule has 0 radical (unpaired) electrons. The Morgan fingerprint density at radius 1 is 1.14 bits per heavy atom. The van der Waals surface area contributed by atoms with Gasteiger partial charge in [-0.25, -0.2) is 18.4 Å². The Morgan fingerprint density at radius 3 is 2.24 bits per heavy atom. The SMILES string of the molecule is Cc1cc(C(=O)O)ccc1Oc1ccc(S(N)(=O)=O)cc1. The lowest BCUT2D eigenvalue weighted by Gasteiger charge is -2.09. The average Bonchev–Trinajstić information content (AvgIpc) is 2.40. The molecule has 0 aliphatic heterocycles. The highest BCUT2D eigenvalue weighted by Crippen LogP contribution is 2.26. The van der Waals surface area contributed by atoms with Gasteiger partial charge >= 0.3 is 5.97 Å². The maximum Gasteiger partial charge on any atom is 0.335 e. The van der Waals surface area contributed by atoms with Crippen LogP contribution < -0.4 is 9.88 Å². The summed E-state index contributed by atoms with van der Waals surface area (Å²) in [7, 11) is -3.74. The molecule has 2 rings (SSSR count). The van der Waals surface area contributed by atoms with E-state index in [0.29, 0.717) is 17.1 Å². The quantitative estimate of drug-likeness (QED) is 0.899. The van der Waals surface area contributed by atoms with Gasteiger partial charge in [0.25, 0.3) is 0 Å². The van der Waals surface area contributed by atoms with Gasteiger partial charge in [-0.15, -0.1) is 0 Å². The molecule has 0 atom stereocenters. The third-order valence-electron chi connectivity index (χ3n) is 2.80. The van der Waals surface area contributed by atoms with Crippen molar-refractivity contribution in [3.8, 4) is 11.5 Å². The van der Waals surface area contributed by atoms with E-state index in [1.54, 1.807) is 13.0 Å². The van der Waals surface area contributed by atoms with Gasteiger partial charge < -0.3 is 9.84 Å². The summed E-state index contributed by atoms with van der Waals surface area (Å²) in [5.74, 6) is -0.0981. The molecule has 6 nitrogen and oxygen atoms in total. The smallest absolute Gasteiger partial charge is 0.335 e. The highest BCUT2D eigenvalue weighted by molar-refractivity contribution is 7.89. The molecular formula is C14H13NO5S. The molecule has 2 aromatic carbocycles. The number of hydrogen-bond donors (Lipinski definition) is 2. The van der Waals surface area contributed by atoms with Crippen molar-refractivity contribution in [3.63, 3.8) is 0 Å². The molecular weight excluding hydrogens is 294 g/mol. The minimum Gasteiger partial charge on any atom is -0.478 e. The average molecular weight is 307 g/mol. The van der Waals surface area contributed by atoms with Gasteiger partial charge in [-0.3, -0.25) is 0 Å². The van der Waals surface area contributed by atoms with Gasteiger partial charge in [0, 0.05) is 0 Å². The number of carbonyl (C=O) groups is 1. The van der Waals surface area contributed by atoms with E-state index in [1.165, 1.54) is 36.4 Å². The van der Waals surface area contributed by atoms with E-state index < -0.39 is 16.0 Å². The van der Waals surface area contributed by atoms with Crippen LogP contribution in [0.5, 0.6) is 11.5 Å². The Labute approximate surface area is 121 Å². The van der Waals surface area contributed by atoms with Crippen molar-refractivity contribution in [3.05, 3.63) is 53.6 Å². The number of carboxylic acid groups (broad SMARTS) is 1. The molecule has 21 heavy (non-hydrogen) atoms. The predicted molar refractivity (Wildman–Crippen MR) is 76.0 cm³/mol. The second kappa shape index (κ2) is 5.55. The van der Waals surface area contributed by atoms with Crippen LogP contribution in [0.15, 0.2) is 47.4 Å². The Balaban J connectivity index is 2.24. The molecule has 0 heterocycles. The van der Waals surface area contributed by atoms with Crippen LogP contribution in [0, 0.1) is 6.92 Å². The summed E-state index contributed by atoms with van der Waals surface area (Å²) in [6.45, 7) is 1.72. The number of hydrogen-bond acceptors (Lipinski definition) is 4. The number of primary sulfonamides is 1. The van der Waals surface area contributed by atoms with Gasteiger partial charge in [-0.1, -0.05) is 0 Å². The Kier molecular flexibility index (Phi) is 3.97. The van der Waals surface area contributed by atoms with E-state index in [2.05, 4.69) is 0 Å². The molecule has 0 amide bonds. The maximum absolute atomic E-state index is 11.1. The van der Waals surface area contributed by atoms with Gasteiger partial charge in [0.05, 0.1) is 10.5 Å². The van der Waals surface area contributed by atoms with E-state index in [0.717, 1.165) is 0 Å². The highest BCUT2D eigenvalue weighted by Gasteiger charge is 2.09. The van der Waals surface area contributed by atoms with E-state index in [4.69, 9.17) is 15.0 Å². The van der Waals surface area contributed by atoms with Crippen LogP contribution in [0.3, 0.4) is 0 Å². The maximum atomic E-state index is 11.1. The number of carboxylic acids is 1. The van der Waals surface area contributed by atoms with Gasteiger partial charge in [0.15, 0.2) is 0 Å². The van der Waals surface area contributed by atoms with Crippen molar-refractivity contribution in [2.75, 3.05) is 0 Å². The molecule has 0 fully saturated rings. The van der Waals surface area contributed by atoms with Gasteiger partial charge in [-0.05, 0) is 55.0 Å². The summed E-state index contributed by atoms with van der Waals surface area (Å²) in [5, 5.41) is 13.9. The molecule has 0 aliphatic rings. The molecule has 0 saturated carbocycles. The number of benzene rings is 2.